The number of anilines is 4. The lowest BCUT2D eigenvalue weighted by molar-refractivity contribution is -0.137. The number of fused-ring (bicyclic) bond motifs is 1. The van der Waals surface area contributed by atoms with Crippen molar-refractivity contribution in [2.45, 2.75) is 38.5 Å². The van der Waals surface area contributed by atoms with Crippen LogP contribution in [0.2, 0.25) is 0 Å². The van der Waals surface area contributed by atoms with Crippen molar-refractivity contribution in [3.8, 4) is 23.1 Å². The molecule has 320 valence electrons. The summed E-state index contributed by atoms with van der Waals surface area (Å²) in [5, 5.41) is 14.1. The number of urea groups is 1. The van der Waals surface area contributed by atoms with Gasteiger partial charge < -0.3 is 29.4 Å². The first-order chi connectivity index (χ1) is 29.0. The number of nitrogens with one attached hydrogen (secondary N) is 3. The smallest absolute Gasteiger partial charge is 0.416 e. The number of carbonyl (C=O) groups excluding carboxylic acids is 1. The summed E-state index contributed by atoms with van der Waals surface area (Å²) < 4.78 is 73.2. The Morgan fingerprint density at radius 3 is 2.48 bits per heavy atom. The highest BCUT2D eigenvalue weighted by Gasteiger charge is 2.32. The van der Waals surface area contributed by atoms with Crippen LogP contribution >= 0.6 is 7.14 Å². The number of carbonyl (C=O) groups is 1. The van der Waals surface area contributed by atoms with E-state index in [1.54, 1.807) is 48.5 Å². The topological polar surface area (TPSA) is 158 Å². The van der Waals surface area contributed by atoms with Crippen molar-refractivity contribution >= 4 is 47.2 Å². The zero-order valence-corrected chi connectivity index (χ0v) is 35.3. The van der Waals surface area contributed by atoms with Crippen molar-refractivity contribution in [2.24, 2.45) is 0 Å². The van der Waals surface area contributed by atoms with Crippen LogP contribution in [-0.4, -0.2) is 88.4 Å². The van der Waals surface area contributed by atoms with Crippen molar-refractivity contribution in [2.75, 3.05) is 68.7 Å². The molecule has 6 aromatic rings. The Kier molecular flexibility index (Phi) is 12.6. The molecule has 0 saturated carbocycles. The molecule has 0 spiro atoms. The molecular weight excluding hydrogens is 810 g/mol. The molecule has 0 atom stereocenters. The van der Waals surface area contributed by atoms with Gasteiger partial charge in [-0.15, -0.1) is 0 Å². The second-order valence-electron chi connectivity index (χ2n) is 16.1. The number of pyridine rings is 1. The number of alkyl halides is 3. The summed E-state index contributed by atoms with van der Waals surface area (Å²) in [5.74, 6) is 0.920. The second-order valence-corrected chi connectivity index (χ2v) is 19.5. The lowest BCUT2D eigenvalue weighted by Crippen LogP contribution is -2.38. The number of amides is 2. The van der Waals surface area contributed by atoms with Crippen molar-refractivity contribution in [3.05, 3.63) is 108 Å². The average Bonchev–Trinajstić information content (AvgIpc) is 3.63. The Hall–Kier alpha value is -6.03. The molecule has 1 fully saturated rings. The molecule has 14 nitrogen and oxygen atoms in total. The first-order valence-corrected chi connectivity index (χ1v) is 22.4. The number of halogens is 3. The van der Waals surface area contributed by atoms with Crippen LogP contribution in [0.25, 0.3) is 16.6 Å². The van der Waals surface area contributed by atoms with Gasteiger partial charge in [0, 0.05) is 72.9 Å². The Morgan fingerprint density at radius 1 is 0.918 bits per heavy atom. The highest BCUT2D eigenvalue weighted by Crippen LogP contribution is 2.41. The third-order valence-electron chi connectivity index (χ3n) is 9.53. The van der Waals surface area contributed by atoms with E-state index >= 15 is 0 Å². The number of morpholine rings is 1. The van der Waals surface area contributed by atoms with Gasteiger partial charge in [-0.25, -0.2) is 14.5 Å². The molecule has 3 N–H and O–H groups in total. The van der Waals surface area contributed by atoms with Crippen LogP contribution in [0, 0.1) is 0 Å². The zero-order chi connectivity index (χ0) is 43.4. The number of hydrogen-bond acceptors (Lipinski definition) is 11. The number of aromatic nitrogens is 5. The van der Waals surface area contributed by atoms with Crippen molar-refractivity contribution in [1.29, 1.82) is 0 Å². The Labute approximate surface area is 351 Å². The summed E-state index contributed by atoms with van der Waals surface area (Å²) in [7, 11) is -2.34. The van der Waals surface area contributed by atoms with Crippen LogP contribution in [0.4, 0.5) is 41.1 Å². The molecule has 1 saturated heterocycles. The largest absolute Gasteiger partial charge is 0.492 e. The Bertz CT molecular complexity index is 2570. The normalized spacial score (nSPS) is 13.8. The van der Waals surface area contributed by atoms with Crippen molar-refractivity contribution in [1.82, 2.24) is 29.6 Å². The average molecular weight is 858 g/mol. The van der Waals surface area contributed by atoms with E-state index in [0.717, 1.165) is 36.5 Å². The molecule has 3 aromatic heterocycles. The van der Waals surface area contributed by atoms with Gasteiger partial charge in [-0.05, 0) is 67.4 Å². The number of nitrogens with zero attached hydrogens (tertiary/aromatic N) is 6. The maximum Gasteiger partial charge on any atom is 0.416 e. The number of hydrogen-bond donors (Lipinski definition) is 3. The van der Waals surface area contributed by atoms with Gasteiger partial charge >= 0.3 is 12.2 Å². The lowest BCUT2D eigenvalue weighted by atomic mass is 9.92. The van der Waals surface area contributed by atoms with E-state index in [0.29, 0.717) is 59.8 Å². The van der Waals surface area contributed by atoms with Gasteiger partial charge in [-0.2, -0.15) is 23.3 Å². The molecule has 0 bridgehead atoms. The third-order valence-corrected chi connectivity index (χ3v) is 10.7. The van der Waals surface area contributed by atoms with Crippen LogP contribution in [-0.2, 0) is 27.1 Å². The van der Waals surface area contributed by atoms with Crippen molar-refractivity contribution in [3.63, 3.8) is 0 Å². The van der Waals surface area contributed by atoms with E-state index in [1.165, 1.54) is 18.3 Å². The predicted molar refractivity (Wildman–Crippen MR) is 229 cm³/mol. The molecule has 2 amide bonds. The van der Waals surface area contributed by atoms with Gasteiger partial charge in [0.1, 0.15) is 23.9 Å². The van der Waals surface area contributed by atoms with Crippen molar-refractivity contribution < 1.29 is 36.7 Å². The minimum absolute atomic E-state index is 0.00945. The summed E-state index contributed by atoms with van der Waals surface area (Å²) in [5.41, 5.74) is 2.04. The molecule has 0 unspecified atom stereocenters. The Morgan fingerprint density at radius 2 is 1.72 bits per heavy atom. The van der Waals surface area contributed by atoms with Gasteiger partial charge in [-0.1, -0.05) is 32.9 Å². The highest BCUT2D eigenvalue weighted by atomic mass is 31.2. The van der Waals surface area contributed by atoms with Crippen LogP contribution in [0.3, 0.4) is 0 Å². The fourth-order valence-corrected chi connectivity index (χ4v) is 7.68. The van der Waals surface area contributed by atoms with Gasteiger partial charge in [0.05, 0.1) is 48.5 Å². The van der Waals surface area contributed by atoms with E-state index in [-0.39, 0.29) is 35.3 Å². The molecule has 0 radical (unpaired) electrons. The van der Waals surface area contributed by atoms with Gasteiger partial charge in [0.15, 0.2) is 0 Å². The molecule has 1 aliphatic rings. The van der Waals surface area contributed by atoms with E-state index < -0.39 is 24.9 Å². The molecule has 18 heteroatoms. The standard InChI is InChI=1S/C43H47F3N9O5P/c1-42(2,3)36-26-37(55(53-36)31-9-6-8-28(22-31)27-61(4,5)57)51-41(56)50-34-11-12-35(33-10-7-14-47-39(33)34)60-38-13-15-48-40(52-38)49-30-23-29(43(44,45)46)24-32(25-30)59-21-18-54-16-19-58-20-17-54/h6-15,22-26H,16-21,27H2,1-5H3,(H,48,49,52)(H2,50,51,56). The quantitative estimate of drug-likeness (QED) is 0.0951. The van der Waals surface area contributed by atoms with Gasteiger partial charge in [-0.3, -0.25) is 15.2 Å². The molecule has 0 aliphatic carbocycles. The van der Waals surface area contributed by atoms with E-state index in [9.17, 15) is 22.5 Å². The maximum atomic E-state index is 13.9. The molecule has 7 rings (SSSR count). The number of benzene rings is 3. The van der Waals surface area contributed by atoms with Crippen LogP contribution in [0.5, 0.6) is 17.4 Å². The zero-order valence-electron chi connectivity index (χ0n) is 34.4. The van der Waals surface area contributed by atoms with Gasteiger partial charge in [0.2, 0.25) is 11.8 Å². The second kappa shape index (κ2) is 17.9. The molecule has 4 heterocycles. The summed E-state index contributed by atoms with van der Waals surface area (Å²) in [6.07, 6.45) is -1.19. The molecule has 61 heavy (non-hydrogen) atoms. The van der Waals surface area contributed by atoms with Gasteiger partial charge in [0.25, 0.3) is 0 Å². The fraction of sp³-hybridized carbons (Fsp3) is 0.326. The Balaban J connectivity index is 1.07. The highest BCUT2D eigenvalue weighted by molar-refractivity contribution is 7.61. The minimum Gasteiger partial charge on any atom is -0.492 e. The lowest BCUT2D eigenvalue weighted by Gasteiger charge is -2.26. The van der Waals surface area contributed by atoms with E-state index in [2.05, 4.69) is 35.8 Å². The van der Waals surface area contributed by atoms with Crippen LogP contribution < -0.4 is 25.4 Å². The maximum absolute atomic E-state index is 13.9. The summed E-state index contributed by atoms with van der Waals surface area (Å²) in [4.78, 5) is 28.9. The third kappa shape index (κ3) is 11.4. The number of ether oxygens (including phenoxy) is 3. The molecule has 1 aliphatic heterocycles. The first-order valence-electron chi connectivity index (χ1n) is 19.6. The fourth-order valence-electron chi connectivity index (χ4n) is 6.60. The van der Waals surface area contributed by atoms with E-state index in [4.69, 9.17) is 19.3 Å². The summed E-state index contributed by atoms with van der Waals surface area (Å²) in [6, 6.07) is 20.5. The van der Waals surface area contributed by atoms with Crippen LogP contribution in [0.15, 0.2) is 91.3 Å². The summed E-state index contributed by atoms with van der Waals surface area (Å²) >= 11 is 0. The molecule has 3 aromatic carbocycles. The van der Waals surface area contributed by atoms with Crippen LogP contribution in [0.1, 0.15) is 37.6 Å². The first kappa shape index (κ1) is 43.1. The molecular formula is C43H47F3N9O5P. The summed E-state index contributed by atoms with van der Waals surface area (Å²) in [6.45, 7) is 13.0. The minimum atomic E-state index is -4.62. The van der Waals surface area contributed by atoms with E-state index in [1.807, 2.05) is 51.1 Å². The SMILES string of the molecule is CC(C)(C)c1cc(NC(=O)Nc2ccc(Oc3ccnc(Nc4cc(OCCN5CCOCC5)cc(C(F)(F)F)c4)n3)c3cccnc23)n(-c2cccc(CP(C)(C)=O)c2)n1. The number of rotatable bonds is 13. The monoisotopic (exact) mass is 857 g/mol. The predicted octanol–water partition coefficient (Wildman–Crippen LogP) is 9.54.